The van der Waals surface area contributed by atoms with Gasteiger partial charge < -0.3 is 0 Å². The number of hydrogen-bond donors (Lipinski definition) is 0. The molecule has 0 N–H and O–H groups in total. The summed E-state index contributed by atoms with van der Waals surface area (Å²) in [6, 6.07) is 41.2. The summed E-state index contributed by atoms with van der Waals surface area (Å²) in [5.41, 5.74) is 15.8. The van der Waals surface area contributed by atoms with Crippen LogP contribution in [0.1, 0.15) is 105 Å². The summed E-state index contributed by atoms with van der Waals surface area (Å²) in [7, 11) is 0. The summed E-state index contributed by atoms with van der Waals surface area (Å²) >= 11 is 0. The van der Waals surface area contributed by atoms with E-state index in [9.17, 15) is 0 Å². The minimum Gasteiger partial charge on any atom is -0.0619 e. The van der Waals surface area contributed by atoms with Crippen LogP contribution in [0.2, 0.25) is 0 Å². The van der Waals surface area contributed by atoms with Crippen LogP contribution < -0.4 is 0 Å². The molecule has 0 amide bonds. The van der Waals surface area contributed by atoms with E-state index in [2.05, 4.69) is 192 Å². The molecule has 0 saturated heterocycles. The smallest absolute Gasteiger partial charge is 0.00202 e. The van der Waals surface area contributed by atoms with E-state index in [0.717, 1.165) is 0 Å². The molecular weight excluding hydrogens is 553 g/mol. The number of rotatable bonds is 4. The summed E-state index contributed by atoms with van der Waals surface area (Å²) in [6.45, 7) is 28.0. The van der Waals surface area contributed by atoms with Crippen molar-refractivity contribution in [2.24, 2.45) is 0 Å². The third-order valence-corrected chi connectivity index (χ3v) is 9.28. The molecule has 0 spiro atoms. The molecular formula is C46H54. The Morgan fingerprint density at radius 2 is 0.565 bits per heavy atom. The summed E-state index contributed by atoms with van der Waals surface area (Å²) in [4.78, 5) is 0. The number of hydrogen-bond acceptors (Lipinski definition) is 0. The average molecular weight is 607 g/mol. The van der Waals surface area contributed by atoms with Gasteiger partial charge >= 0.3 is 0 Å². The molecule has 0 aliphatic rings. The predicted molar refractivity (Wildman–Crippen MR) is 203 cm³/mol. The fraction of sp³-hybridized carbons (Fsp3) is 0.348. The molecule has 0 heterocycles. The summed E-state index contributed by atoms with van der Waals surface area (Å²) in [5.74, 6) is 0. The first-order chi connectivity index (χ1) is 21.4. The molecule has 5 aromatic rings. The van der Waals surface area contributed by atoms with Crippen molar-refractivity contribution in [1.29, 1.82) is 0 Å². The zero-order valence-electron chi connectivity index (χ0n) is 30.4. The average Bonchev–Trinajstić information content (AvgIpc) is 2.99. The topological polar surface area (TPSA) is 0 Å². The van der Waals surface area contributed by atoms with Gasteiger partial charge in [-0.25, -0.2) is 0 Å². The molecule has 5 aromatic carbocycles. The van der Waals surface area contributed by atoms with Crippen LogP contribution in [0.15, 0.2) is 109 Å². The molecule has 238 valence electrons. The zero-order valence-corrected chi connectivity index (χ0v) is 30.4. The lowest BCUT2D eigenvalue weighted by Crippen LogP contribution is -2.16. The van der Waals surface area contributed by atoms with Crippen molar-refractivity contribution in [3.05, 3.63) is 131 Å². The Labute approximate surface area is 279 Å². The Kier molecular flexibility index (Phi) is 8.76. The van der Waals surface area contributed by atoms with E-state index in [0.29, 0.717) is 0 Å². The number of benzene rings is 5. The molecule has 0 radical (unpaired) electrons. The van der Waals surface area contributed by atoms with Gasteiger partial charge in [0.15, 0.2) is 0 Å². The van der Waals surface area contributed by atoms with Crippen LogP contribution in [0, 0.1) is 0 Å². The van der Waals surface area contributed by atoms with Crippen molar-refractivity contribution in [2.75, 3.05) is 0 Å². The largest absolute Gasteiger partial charge is 0.0619 e. The molecule has 0 aliphatic heterocycles. The lowest BCUT2D eigenvalue weighted by Gasteiger charge is -2.31. The highest BCUT2D eigenvalue weighted by Crippen LogP contribution is 2.50. The molecule has 0 nitrogen and oxygen atoms in total. The monoisotopic (exact) mass is 606 g/mol. The van der Waals surface area contributed by atoms with Gasteiger partial charge in [0.25, 0.3) is 0 Å². The fourth-order valence-corrected chi connectivity index (χ4v) is 6.84. The van der Waals surface area contributed by atoms with E-state index in [1.807, 2.05) is 0 Å². The van der Waals surface area contributed by atoms with Crippen molar-refractivity contribution in [1.82, 2.24) is 0 Å². The van der Waals surface area contributed by atoms with Crippen LogP contribution in [0.4, 0.5) is 0 Å². The lowest BCUT2D eigenvalue weighted by atomic mass is 9.73. The van der Waals surface area contributed by atoms with Gasteiger partial charge in [-0.1, -0.05) is 180 Å². The predicted octanol–water partition coefficient (Wildman–Crippen LogP) is 13.5. The second kappa shape index (κ2) is 12.0. The highest BCUT2D eigenvalue weighted by atomic mass is 14.3. The molecule has 0 atom stereocenters. The van der Waals surface area contributed by atoms with Gasteiger partial charge in [-0.3, -0.25) is 0 Å². The Bertz CT molecular complexity index is 1770. The maximum absolute atomic E-state index is 2.50. The maximum Gasteiger partial charge on any atom is -0.00202 e. The van der Waals surface area contributed by atoms with Gasteiger partial charge in [0.1, 0.15) is 0 Å². The summed E-state index contributed by atoms with van der Waals surface area (Å²) in [6.07, 6.45) is 0. The minimum atomic E-state index is -0.0340. The van der Waals surface area contributed by atoms with Crippen molar-refractivity contribution >= 4 is 0 Å². The minimum absolute atomic E-state index is 0.00310. The first kappa shape index (κ1) is 33.5. The SMILES string of the molecule is CC(C)(C)c1cc(-c2ccccc2C(C)(C)C)c(-c2ccccc2-c2ccccc2C(C)(C)C)c(-c2ccccc2C(C)(C)C)c1. The van der Waals surface area contributed by atoms with Crippen molar-refractivity contribution < 1.29 is 0 Å². The lowest BCUT2D eigenvalue weighted by molar-refractivity contribution is 0.588. The van der Waals surface area contributed by atoms with E-state index in [4.69, 9.17) is 0 Å². The molecule has 0 heteroatoms. The second-order valence-corrected chi connectivity index (χ2v) is 17.1. The van der Waals surface area contributed by atoms with E-state index in [-0.39, 0.29) is 21.7 Å². The van der Waals surface area contributed by atoms with Gasteiger partial charge in [0.2, 0.25) is 0 Å². The third-order valence-electron chi connectivity index (χ3n) is 9.28. The first-order valence-corrected chi connectivity index (χ1v) is 17.0. The van der Waals surface area contributed by atoms with Crippen LogP contribution in [-0.2, 0) is 21.7 Å². The highest BCUT2D eigenvalue weighted by molar-refractivity contribution is 6.01. The molecule has 46 heavy (non-hydrogen) atoms. The van der Waals surface area contributed by atoms with Crippen molar-refractivity contribution in [2.45, 2.75) is 105 Å². The van der Waals surface area contributed by atoms with Gasteiger partial charge in [-0.15, -0.1) is 0 Å². The molecule has 0 aliphatic carbocycles. The second-order valence-electron chi connectivity index (χ2n) is 17.1. The normalized spacial score (nSPS) is 12.8. The van der Waals surface area contributed by atoms with Crippen LogP contribution in [0.5, 0.6) is 0 Å². The standard InChI is InChI=1S/C46H54/c1-43(2,3)31-29-37(34-23-16-19-27-40(34)45(7,8)9)42(38(30-31)35-24-17-20-28-41(35)46(10,11)12)36-25-14-13-21-32(36)33-22-15-18-26-39(33)44(4,5)6/h13-30H,1-12H3. The molecule has 0 aromatic heterocycles. The highest BCUT2D eigenvalue weighted by Gasteiger charge is 2.29. The van der Waals surface area contributed by atoms with Crippen LogP contribution in [0.3, 0.4) is 0 Å². The van der Waals surface area contributed by atoms with E-state index in [1.54, 1.807) is 0 Å². The first-order valence-electron chi connectivity index (χ1n) is 17.0. The Morgan fingerprint density at radius 1 is 0.283 bits per heavy atom. The Hall–Kier alpha value is -3.90. The molecule has 0 saturated carbocycles. The van der Waals surface area contributed by atoms with Crippen LogP contribution in [-0.4, -0.2) is 0 Å². The Balaban J connectivity index is 2.04. The maximum atomic E-state index is 2.50. The van der Waals surface area contributed by atoms with Crippen molar-refractivity contribution in [3.8, 4) is 44.5 Å². The summed E-state index contributed by atoms with van der Waals surface area (Å²) < 4.78 is 0. The fourth-order valence-electron chi connectivity index (χ4n) is 6.84. The quantitative estimate of drug-likeness (QED) is 0.191. The molecule has 5 rings (SSSR count). The van der Waals surface area contributed by atoms with Gasteiger partial charge in [0, 0.05) is 0 Å². The van der Waals surface area contributed by atoms with Gasteiger partial charge in [-0.2, -0.15) is 0 Å². The third kappa shape index (κ3) is 6.64. The van der Waals surface area contributed by atoms with Crippen LogP contribution >= 0.6 is 0 Å². The zero-order chi connectivity index (χ0) is 33.7. The summed E-state index contributed by atoms with van der Waals surface area (Å²) in [5, 5.41) is 0. The molecule has 0 unspecified atom stereocenters. The van der Waals surface area contributed by atoms with Gasteiger partial charge in [0.05, 0.1) is 0 Å². The molecule has 0 bridgehead atoms. The molecule has 0 fully saturated rings. The van der Waals surface area contributed by atoms with E-state index >= 15 is 0 Å². The van der Waals surface area contributed by atoms with E-state index < -0.39 is 0 Å². The van der Waals surface area contributed by atoms with Gasteiger partial charge in [-0.05, 0) is 101 Å². The van der Waals surface area contributed by atoms with Crippen LogP contribution in [0.25, 0.3) is 44.5 Å². The Morgan fingerprint density at radius 3 is 0.891 bits per heavy atom. The van der Waals surface area contributed by atoms with Crippen molar-refractivity contribution in [3.63, 3.8) is 0 Å². The van der Waals surface area contributed by atoms with E-state index in [1.165, 1.54) is 66.8 Å².